The Bertz CT molecular complexity index is 397. The second-order valence-corrected chi connectivity index (χ2v) is 6.44. The molecule has 0 bridgehead atoms. The summed E-state index contributed by atoms with van der Waals surface area (Å²) in [6.45, 7) is 5.07. The summed E-state index contributed by atoms with van der Waals surface area (Å²) in [6, 6.07) is 8.80. The molecule has 106 valence electrons. The molecule has 1 aromatic rings. The molecule has 1 aromatic carbocycles. The van der Waals surface area contributed by atoms with E-state index in [4.69, 9.17) is 4.74 Å². The van der Waals surface area contributed by atoms with Crippen LogP contribution in [-0.4, -0.2) is 49.7 Å². The van der Waals surface area contributed by atoms with Gasteiger partial charge in [0.2, 0.25) is 0 Å². The lowest BCUT2D eigenvalue weighted by Crippen LogP contribution is -2.38. The van der Waals surface area contributed by atoms with E-state index >= 15 is 0 Å². The summed E-state index contributed by atoms with van der Waals surface area (Å²) in [4.78, 5) is 2.23. The van der Waals surface area contributed by atoms with E-state index in [1.165, 1.54) is 5.56 Å². The van der Waals surface area contributed by atoms with Gasteiger partial charge in [-0.25, -0.2) is 0 Å². The summed E-state index contributed by atoms with van der Waals surface area (Å²) in [6.07, 6.45) is 0. The zero-order chi connectivity index (χ0) is 13.7. The number of thioether (sulfide) groups is 1. The van der Waals surface area contributed by atoms with Crippen molar-refractivity contribution in [3.8, 4) is 5.75 Å². The Morgan fingerprint density at radius 1 is 1.37 bits per heavy atom. The molecule has 0 fully saturated rings. The number of hydrogen-bond acceptors (Lipinski definition) is 4. The molecule has 2 atom stereocenters. The fourth-order valence-corrected chi connectivity index (χ4v) is 3.70. The molecule has 0 spiro atoms. The quantitative estimate of drug-likeness (QED) is 0.865. The highest BCUT2D eigenvalue weighted by molar-refractivity contribution is 8.00. The molecule has 0 radical (unpaired) electrons. The molecule has 1 N–H and O–H groups in total. The first kappa shape index (κ1) is 14.7. The first-order valence-electron chi connectivity index (χ1n) is 6.93. The van der Waals surface area contributed by atoms with Crippen LogP contribution in [-0.2, 0) is 0 Å². The minimum atomic E-state index is 0.405. The molecule has 0 amide bonds. The van der Waals surface area contributed by atoms with Crippen molar-refractivity contribution in [3.05, 3.63) is 29.8 Å². The van der Waals surface area contributed by atoms with E-state index < -0.39 is 0 Å². The van der Waals surface area contributed by atoms with Crippen molar-refractivity contribution >= 4 is 11.8 Å². The molecular formula is C15H24N2OS. The largest absolute Gasteiger partial charge is 0.492 e. The number of fused-ring (bicyclic) bond motifs is 1. The van der Waals surface area contributed by atoms with Crippen LogP contribution in [0.3, 0.4) is 0 Å². The Hall–Kier alpha value is -0.710. The van der Waals surface area contributed by atoms with Crippen LogP contribution in [0.5, 0.6) is 5.75 Å². The summed E-state index contributed by atoms with van der Waals surface area (Å²) >= 11 is 2.01. The van der Waals surface area contributed by atoms with Gasteiger partial charge in [0.15, 0.2) is 0 Å². The molecule has 1 aliphatic heterocycles. The van der Waals surface area contributed by atoms with Crippen molar-refractivity contribution in [1.82, 2.24) is 10.2 Å². The molecule has 0 aliphatic carbocycles. The van der Waals surface area contributed by atoms with Gasteiger partial charge in [-0.05, 0) is 26.7 Å². The topological polar surface area (TPSA) is 24.5 Å². The zero-order valence-electron chi connectivity index (χ0n) is 12.1. The molecule has 2 unspecified atom stereocenters. The highest BCUT2D eigenvalue weighted by Gasteiger charge is 2.30. The predicted octanol–water partition coefficient (Wildman–Crippen LogP) is 2.39. The summed E-state index contributed by atoms with van der Waals surface area (Å²) < 4.78 is 5.90. The standard InChI is InChI=1S/C15H24N2OS/c1-4-16-15-12-7-5-6-8-13(12)18-11-14(15)19-10-9-17(2)3/h5-8,14-16H,4,9-11H2,1-3H3. The Morgan fingerprint density at radius 3 is 2.89 bits per heavy atom. The zero-order valence-corrected chi connectivity index (χ0v) is 12.9. The predicted molar refractivity (Wildman–Crippen MR) is 83.2 cm³/mol. The van der Waals surface area contributed by atoms with E-state index in [9.17, 15) is 0 Å². The average Bonchev–Trinajstić information content (AvgIpc) is 2.41. The lowest BCUT2D eigenvalue weighted by molar-refractivity contribution is 0.261. The second kappa shape index (κ2) is 7.17. The van der Waals surface area contributed by atoms with E-state index in [0.29, 0.717) is 11.3 Å². The molecule has 0 saturated carbocycles. The Labute approximate surface area is 120 Å². The monoisotopic (exact) mass is 280 g/mol. The summed E-state index contributed by atoms with van der Waals surface area (Å²) in [5.41, 5.74) is 1.30. The number of para-hydroxylation sites is 1. The molecule has 19 heavy (non-hydrogen) atoms. The van der Waals surface area contributed by atoms with Crippen LogP contribution in [0.1, 0.15) is 18.5 Å². The molecule has 3 nitrogen and oxygen atoms in total. The van der Waals surface area contributed by atoms with Crippen molar-refractivity contribution < 1.29 is 4.74 Å². The van der Waals surface area contributed by atoms with E-state index in [1.807, 2.05) is 17.8 Å². The first-order chi connectivity index (χ1) is 9.22. The minimum Gasteiger partial charge on any atom is -0.492 e. The Balaban J connectivity index is 2.04. The maximum Gasteiger partial charge on any atom is 0.124 e. The molecule has 1 aliphatic rings. The van der Waals surface area contributed by atoms with Crippen molar-refractivity contribution in [2.45, 2.75) is 18.2 Å². The van der Waals surface area contributed by atoms with Gasteiger partial charge in [-0.1, -0.05) is 25.1 Å². The fraction of sp³-hybridized carbons (Fsp3) is 0.600. The van der Waals surface area contributed by atoms with Gasteiger partial charge < -0.3 is 15.0 Å². The third-order valence-corrected chi connectivity index (χ3v) is 4.58. The highest BCUT2D eigenvalue weighted by atomic mass is 32.2. The third kappa shape index (κ3) is 3.88. The van der Waals surface area contributed by atoms with E-state index in [0.717, 1.165) is 31.2 Å². The van der Waals surface area contributed by atoms with Crippen molar-refractivity contribution in [2.75, 3.05) is 39.5 Å². The summed E-state index contributed by atoms with van der Waals surface area (Å²) in [5.74, 6) is 2.18. The van der Waals surface area contributed by atoms with Gasteiger partial charge in [0, 0.05) is 17.9 Å². The second-order valence-electron chi connectivity index (χ2n) is 5.10. The van der Waals surface area contributed by atoms with E-state index in [-0.39, 0.29) is 0 Å². The maximum absolute atomic E-state index is 5.90. The van der Waals surface area contributed by atoms with Crippen LogP contribution >= 0.6 is 11.8 Å². The number of ether oxygens (including phenoxy) is 1. The van der Waals surface area contributed by atoms with Gasteiger partial charge in [0.1, 0.15) is 12.4 Å². The van der Waals surface area contributed by atoms with Gasteiger partial charge in [-0.2, -0.15) is 11.8 Å². The summed E-state index contributed by atoms with van der Waals surface area (Å²) in [5, 5.41) is 4.11. The minimum absolute atomic E-state index is 0.405. The van der Waals surface area contributed by atoms with Crippen molar-refractivity contribution in [2.24, 2.45) is 0 Å². The third-order valence-electron chi connectivity index (χ3n) is 3.32. The first-order valence-corrected chi connectivity index (χ1v) is 7.98. The van der Waals surface area contributed by atoms with E-state index in [2.05, 4.69) is 49.4 Å². The van der Waals surface area contributed by atoms with Crippen LogP contribution in [0, 0.1) is 0 Å². The van der Waals surface area contributed by atoms with Crippen LogP contribution < -0.4 is 10.1 Å². The van der Waals surface area contributed by atoms with Crippen molar-refractivity contribution in [1.29, 1.82) is 0 Å². The lowest BCUT2D eigenvalue weighted by atomic mass is 10.0. The Morgan fingerprint density at radius 2 is 2.16 bits per heavy atom. The number of hydrogen-bond donors (Lipinski definition) is 1. The summed E-state index contributed by atoms with van der Waals surface area (Å²) in [7, 11) is 4.24. The smallest absolute Gasteiger partial charge is 0.124 e. The normalized spacial score (nSPS) is 22.1. The highest BCUT2D eigenvalue weighted by Crippen LogP contribution is 2.37. The van der Waals surface area contributed by atoms with Gasteiger partial charge >= 0.3 is 0 Å². The number of rotatable bonds is 6. The van der Waals surface area contributed by atoms with Crippen LogP contribution in [0.15, 0.2) is 24.3 Å². The molecule has 4 heteroatoms. The van der Waals surface area contributed by atoms with E-state index in [1.54, 1.807) is 0 Å². The lowest BCUT2D eigenvalue weighted by Gasteiger charge is -2.34. The molecular weight excluding hydrogens is 256 g/mol. The Kier molecular flexibility index (Phi) is 5.55. The van der Waals surface area contributed by atoms with Gasteiger partial charge in [0.05, 0.1) is 11.3 Å². The van der Waals surface area contributed by atoms with Gasteiger partial charge in [-0.15, -0.1) is 0 Å². The van der Waals surface area contributed by atoms with Gasteiger partial charge in [-0.3, -0.25) is 0 Å². The molecule has 0 aromatic heterocycles. The molecule has 2 rings (SSSR count). The number of nitrogens with zero attached hydrogens (tertiary/aromatic N) is 1. The fourth-order valence-electron chi connectivity index (χ4n) is 2.33. The SMILES string of the molecule is CCNC1c2ccccc2OCC1SCCN(C)C. The van der Waals surface area contributed by atoms with Crippen molar-refractivity contribution in [3.63, 3.8) is 0 Å². The average molecular weight is 280 g/mol. The maximum atomic E-state index is 5.90. The van der Waals surface area contributed by atoms with Crippen LogP contribution in [0.2, 0.25) is 0 Å². The van der Waals surface area contributed by atoms with Crippen LogP contribution in [0.4, 0.5) is 0 Å². The number of benzene rings is 1. The number of nitrogens with one attached hydrogen (secondary N) is 1. The molecule has 0 saturated heterocycles. The van der Waals surface area contributed by atoms with Crippen LogP contribution in [0.25, 0.3) is 0 Å². The van der Waals surface area contributed by atoms with Gasteiger partial charge in [0.25, 0.3) is 0 Å². The molecule has 1 heterocycles.